The number of hydrogen-bond acceptors (Lipinski definition) is 4. The Morgan fingerprint density at radius 3 is 2.53 bits per heavy atom. The Balaban J connectivity index is 3.29. The molecule has 0 amide bonds. The number of ether oxygens (including phenoxy) is 2. The van der Waals surface area contributed by atoms with E-state index in [1.54, 1.807) is 13.0 Å². The number of methoxy groups -OCH3 is 2. The molecule has 17 heavy (non-hydrogen) atoms. The molecule has 1 unspecified atom stereocenters. The number of hydrogen-bond donors (Lipinski definition) is 1. The van der Waals surface area contributed by atoms with Gasteiger partial charge in [0.15, 0.2) is 0 Å². The average molecular weight is 238 g/mol. The molecule has 1 aromatic rings. The van der Waals surface area contributed by atoms with Crippen molar-refractivity contribution in [2.24, 2.45) is 0 Å². The van der Waals surface area contributed by atoms with Gasteiger partial charge in [-0.1, -0.05) is 6.07 Å². The van der Waals surface area contributed by atoms with Gasteiger partial charge in [-0.3, -0.25) is 0 Å². The second-order valence-corrected chi connectivity index (χ2v) is 4.05. The monoisotopic (exact) mass is 238 g/mol. The lowest BCUT2D eigenvalue weighted by Crippen LogP contribution is -2.10. The topological polar surface area (TPSA) is 55.8 Å². The molecule has 94 valence electrons. The van der Waals surface area contributed by atoms with Crippen molar-refractivity contribution in [3.63, 3.8) is 0 Å². The zero-order chi connectivity index (χ0) is 13.0. The van der Waals surface area contributed by atoms with E-state index in [2.05, 4.69) is 0 Å². The van der Waals surface area contributed by atoms with Crippen LogP contribution in [0.4, 0.5) is 0 Å². The lowest BCUT2D eigenvalue weighted by atomic mass is 10.0. The molecule has 4 heteroatoms. The standard InChI is InChI=1S/C13H18O4/c1-8-5-10(7-9(2)14)12(16-3)11(6-8)13(15)17-4/h5-6,9,14H,7H2,1-4H3. The third kappa shape index (κ3) is 3.20. The van der Waals surface area contributed by atoms with Crippen molar-refractivity contribution in [2.45, 2.75) is 26.4 Å². The zero-order valence-corrected chi connectivity index (χ0v) is 10.6. The summed E-state index contributed by atoms with van der Waals surface area (Å²) in [6.45, 7) is 3.58. The lowest BCUT2D eigenvalue weighted by molar-refractivity contribution is 0.0596. The van der Waals surface area contributed by atoms with Gasteiger partial charge in [-0.25, -0.2) is 4.79 Å². The van der Waals surface area contributed by atoms with Crippen molar-refractivity contribution >= 4 is 5.97 Å². The molecule has 0 heterocycles. The Hall–Kier alpha value is -1.55. The third-order valence-electron chi connectivity index (χ3n) is 2.43. The minimum Gasteiger partial charge on any atom is -0.496 e. The summed E-state index contributed by atoms with van der Waals surface area (Å²) < 4.78 is 9.96. The van der Waals surface area contributed by atoms with Crippen LogP contribution in [0.5, 0.6) is 5.75 Å². The van der Waals surface area contributed by atoms with Gasteiger partial charge in [-0.15, -0.1) is 0 Å². The van der Waals surface area contributed by atoms with Gasteiger partial charge in [0.2, 0.25) is 0 Å². The van der Waals surface area contributed by atoms with Crippen LogP contribution in [0.1, 0.15) is 28.4 Å². The number of aryl methyl sites for hydroxylation is 1. The molecule has 1 atom stereocenters. The number of rotatable bonds is 4. The molecular formula is C13H18O4. The van der Waals surface area contributed by atoms with E-state index in [1.807, 2.05) is 13.0 Å². The van der Waals surface area contributed by atoms with Gasteiger partial charge < -0.3 is 14.6 Å². The van der Waals surface area contributed by atoms with E-state index in [0.717, 1.165) is 11.1 Å². The van der Waals surface area contributed by atoms with Crippen molar-refractivity contribution in [2.75, 3.05) is 14.2 Å². The van der Waals surface area contributed by atoms with E-state index >= 15 is 0 Å². The smallest absolute Gasteiger partial charge is 0.341 e. The Kier molecular flexibility index (Phi) is 4.52. The largest absolute Gasteiger partial charge is 0.496 e. The zero-order valence-electron chi connectivity index (χ0n) is 10.6. The molecule has 0 fully saturated rings. The molecular weight excluding hydrogens is 220 g/mol. The minimum absolute atomic E-state index is 0.394. The molecule has 0 radical (unpaired) electrons. The highest BCUT2D eigenvalue weighted by molar-refractivity contribution is 5.93. The van der Waals surface area contributed by atoms with Crippen molar-refractivity contribution in [3.8, 4) is 5.75 Å². The average Bonchev–Trinajstić information content (AvgIpc) is 2.26. The van der Waals surface area contributed by atoms with Gasteiger partial charge in [-0.2, -0.15) is 0 Å². The van der Waals surface area contributed by atoms with E-state index in [9.17, 15) is 9.90 Å². The molecule has 1 N–H and O–H groups in total. The fraction of sp³-hybridized carbons (Fsp3) is 0.462. The summed E-state index contributed by atoms with van der Waals surface area (Å²) in [5.74, 6) is 0.0424. The van der Waals surface area contributed by atoms with Gasteiger partial charge >= 0.3 is 5.97 Å². The maximum absolute atomic E-state index is 11.6. The first-order valence-corrected chi connectivity index (χ1v) is 5.43. The van der Waals surface area contributed by atoms with Crippen LogP contribution >= 0.6 is 0 Å². The number of aliphatic hydroxyl groups is 1. The molecule has 1 rings (SSSR count). The summed E-state index contributed by atoms with van der Waals surface area (Å²) in [7, 11) is 2.83. The van der Waals surface area contributed by atoms with Crippen LogP contribution in [0.15, 0.2) is 12.1 Å². The SMILES string of the molecule is COC(=O)c1cc(C)cc(CC(C)O)c1OC. The minimum atomic E-state index is -0.490. The Morgan fingerprint density at radius 1 is 1.41 bits per heavy atom. The quantitative estimate of drug-likeness (QED) is 0.811. The van der Waals surface area contributed by atoms with E-state index in [1.165, 1.54) is 14.2 Å². The maximum atomic E-state index is 11.6. The van der Waals surface area contributed by atoms with E-state index in [4.69, 9.17) is 9.47 Å². The van der Waals surface area contributed by atoms with E-state index in [-0.39, 0.29) is 0 Å². The second kappa shape index (κ2) is 5.68. The summed E-state index contributed by atoms with van der Waals surface area (Å²) in [4.78, 5) is 11.6. The van der Waals surface area contributed by atoms with Gasteiger partial charge in [0.1, 0.15) is 11.3 Å². The fourth-order valence-electron chi connectivity index (χ4n) is 1.82. The first kappa shape index (κ1) is 13.5. The Labute approximate surface area is 101 Å². The number of benzene rings is 1. The summed E-state index contributed by atoms with van der Waals surface area (Å²) in [6.07, 6.45) is -0.0503. The van der Waals surface area contributed by atoms with Crippen molar-refractivity contribution in [3.05, 3.63) is 28.8 Å². The van der Waals surface area contributed by atoms with Crippen molar-refractivity contribution in [1.29, 1.82) is 0 Å². The number of aliphatic hydroxyl groups excluding tert-OH is 1. The molecule has 0 aliphatic rings. The molecule has 0 saturated carbocycles. The maximum Gasteiger partial charge on any atom is 0.341 e. The lowest BCUT2D eigenvalue weighted by Gasteiger charge is -2.14. The highest BCUT2D eigenvalue weighted by atomic mass is 16.5. The van der Waals surface area contributed by atoms with Crippen LogP contribution in [0.2, 0.25) is 0 Å². The summed E-state index contributed by atoms with van der Waals surface area (Å²) >= 11 is 0. The first-order valence-electron chi connectivity index (χ1n) is 5.43. The Morgan fingerprint density at radius 2 is 2.06 bits per heavy atom. The van der Waals surface area contributed by atoms with Gasteiger partial charge in [0.25, 0.3) is 0 Å². The molecule has 0 aromatic heterocycles. The number of carbonyl (C=O) groups excluding carboxylic acids is 1. The molecule has 1 aromatic carbocycles. The van der Waals surface area contributed by atoms with Crippen LogP contribution in [0, 0.1) is 6.92 Å². The second-order valence-electron chi connectivity index (χ2n) is 4.05. The molecule has 0 saturated heterocycles. The van der Waals surface area contributed by atoms with Gasteiger partial charge in [0.05, 0.1) is 20.3 Å². The Bertz CT molecular complexity index is 410. The fourth-order valence-corrected chi connectivity index (χ4v) is 1.82. The molecule has 4 nitrogen and oxygen atoms in total. The van der Waals surface area contributed by atoms with Crippen LogP contribution in [-0.2, 0) is 11.2 Å². The first-order chi connectivity index (χ1) is 7.99. The van der Waals surface area contributed by atoms with Crippen LogP contribution in [0.3, 0.4) is 0 Å². The van der Waals surface area contributed by atoms with E-state index in [0.29, 0.717) is 17.7 Å². The van der Waals surface area contributed by atoms with Crippen LogP contribution < -0.4 is 4.74 Å². The molecule has 0 bridgehead atoms. The molecule has 0 aliphatic carbocycles. The van der Waals surface area contributed by atoms with Gasteiger partial charge in [0, 0.05) is 6.42 Å². The van der Waals surface area contributed by atoms with Crippen LogP contribution in [-0.4, -0.2) is 31.4 Å². The van der Waals surface area contributed by atoms with Crippen LogP contribution in [0.25, 0.3) is 0 Å². The summed E-state index contributed by atoms with van der Waals surface area (Å²) in [6, 6.07) is 3.62. The third-order valence-corrected chi connectivity index (χ3v) is 2.43. The van der Waals surface area contributed by atoms with Crippen molar-refractivity contribution in [1.82, 2.24) is 0 Å². The number of esters is 1. The van der Waals surface area contributed by atoms with E-state index < -0.39 is 12.1 Å². The summed E-state index contributed by atoms with van der Waals surface area (Å²) in [5.41, 5.74) is 2.13. The predicted octanol–water partition coefficient (Wildman–Crippen LogP) is 1.71. The predicted molar refractivity (Wildman–Crippen MR) is 64.5 cm³/mol. The number of carbonyl (C=O) groups is 1. The van der Waals surface area contributed by atoms with Gasteiger partial charge in [-0.05, 0) is 31.0 Å². The molecule has 0 aliphatic heterocycles. The van der Waals surface area contributed by atoms with Crippen molar-refractivity contribution < 1.29 is 19.4 Å². The summed E-state index contributed by atoms with van der Waals surface area (Å²) in [5, 5.41) is 9.43. The normalized spacial score (nSPS) is 12.1. The highest BCUT2D eigenvalue weighted by Crippen LogP contribution is 2.27. The highest BCUT2D eigenvalue weighted by Gasteiger charge is 2.18. The molecule has 0 spiro atoms.